The van der Waals surface area contributed by atoms with Crippen LogP contribution >= 0.6 is 0 Å². The van der Waals surface area contributed by atoms with Crippen molar-refractivity contribution in [3.05, 3.63) is 48.0 Å². The molecule has 0 saturated heterocycles. The lowest BCUT2D eigenvalue weighted by Crippen LogP contribution is -2.24. The van der Waals surface area contributed by atoms with Crippen LogP contribution in [0.25, 0.3) is 10.8 Å². The van der Waals surface area contributed by atoms with Crippen molar-refractivity contribution in [1.82, 2.24) is 14.8 Å². The summed E-state index contributed by atoms with van der Waals surface area (Å²) in [4.78, 5) is 4.21. The van der Waals surface area contributed by atoms with Crippen LogP contribution in [0.5, 0.6) is 0 Å². The van der Waals surface area contributed by atoms with Crippen molar-refractivity contribution >= 4 is 22.7 Å². The molecule has 0 fully saturated rings. The largest absolute Gasteiger partial charge is 0.366 e. The number of nitrogens with one attached hydrogen (secondary N) is 1. The number of nitrogens with zero attached hydrogens (tertiary/aromatic N) is 3. The van der Waals surface area contributed by atoms with Crippen LogP contribution in [-0.2, 0) is 0 Å². The quantitative estimate of drug-likeness (QED) is 0.709. The Labute approximate surface area is 116 Å². The lowest BCUT2D eigenvalue weighted by atomic mass is 9.99. The van der Waals surface area contributed by atoms with Gasteiger partial charge in [-0.1, -0.05) is 36.4 Å². The van der Waals surface area contributed by atoms with E-state index in [4.69, 9.17) is 5.73 Å². The third kappa shape index (κ3) is 1.71. The average Bonchev–Trinajstić information content (AvgIpc) is 2.86. The van der Waals surface area contributed by atoms with E-state index < -0.39 is 0 Å². The minimum atomic E-state index is 0.195. The average molecular weight is 265 g/mol. The van der Waals surface area contributed by atoms with E-state index in [-0.39, 0.29) is 6.04 Å². The molecule has 1 aliphatic rings. The molecule has 0 amide bonds. The zero-order valence-corrected chi connectivity index (χ0v) is 11.0. The molecule has 20 heavy (non-hydrogen) atoms. The van der Waals surface area contributed by atoms with Crippen LogP contribution in [0.2, 0.25) is 0 Å². The normalized spacial score (nSPS) is 17.7. The molecule has 0 aliphatic carbocycles. The van der Waals surface area contributed by atoms with Crippen LogP contribution in [0.15, 0.2) is 42.5 Å². The molecule has 1 aromatic heterocycles. The van der Waals surface area contributed by atoms with Gasteiger partial charge < -0.3 is 11.1 Å². The standard InChI is InChI=1S/C15H15N5/c16-14-18-15-17-8-7-13(20(15)19-14)12-6-5-10-3-1-2-4-11(10)9-12/h1-6,9,13H,7-8H2,(H3,16,17,18,19). The molecule has 5 nitrogen and oxygen atoms in total. The fourth-order valence-corrected chi connectivity index (χ4v) is 2.84. The summed E-state index contributed by atoms with van der Waals surface area (Å²) in [6, 6.07) is 15.1. The van der Waals surface area contributed by atoms with E-state index in [0.29, 0.717) is 5.95 Å². The number of hydrogen-bond acceptors (Lipinski definition) is 4. The molecule has 0 bridgehead atoms. The lowest BCUT2D eigenvalue weighted by Gasteiger charge is -2.24. The zero-order valence-electron chi connectivity index (χ0n) is 11.0. The van der Waals surface area contributed by atoms with Gasteiger partial charge in [0.1, 0.15) is 0 Å². The van der Waals surface area contributed by atoms with Gasteiger partial charge in [-0.25, -0.2) is 4.68 Å². The third-order valence-corrected chi connectivity index (χ3v) is 3.80. The molecule has 100 valence electrons. The highest BCUT2D eigenvalue weighted by Crippen LogP contribution is 2.30. The summed E-state index contributed by atoms with van der Waals surface area (Å²) >= 11 is 0. The Morgan fingerprint density at radius 2 is 2.00 bits per heavy atom. The predicted molar refractivity (Wildman–Crippen MR) is 79.6 cm³/mol. The summed E-state index contributed by atoms with van der Waals surface area (Å²) in [7, 11) is 0. The van der Waals surface area contributed by atoms with Gasteiger partial charge in [-0.15, -0.1) is 5.10 Å². The van der Waals surface area contributed by atoms with Crippen LogP contribution in [-0.4, -0.2) is 21.3 Å². The van der Waals surface area contributed by atoms with E-state index in [1.807, 2.05) is 4.68 Å². The van der Waals surface area contributed by atoms with Gasteiger partial charge in [-0.05, 0) is 28.8 Å². The Morgan fingerprint density at radius 3 is 2.90 bits per heavy atom. The fourth-order valence-electron chi connectivity index (χ4n) is 2.84. The first-order valence-corrected chi connectivity index (χ1v) is 6.76. The number of nitrogen functional groups attached to an aromatic ring is 1. The highest BCUT2D eigenvalue weighted by molar-refractivity contribution is 5.83. The number of rotatable bonds is 1. The zero-order chi connectivity index (χ0) is 13.5. The SMILES string of the molecule is Nc1nc2n(n1)C(c1ccc3ccccc3c1)CCN2. The molecule has 4 rings (SSSR count). The van der Waals surface area contributed by atoms with Gasteiger partial charge in [0.05, 0.1) is 6.04 Å². The fraction of sp³-hybridized carbons (Fsp3) is 0.200. The summed E-state index contributed by atoms with van der Waals surface area (Å²) in [5.41, 5.74) is 6.95. The molecule has 3 N–H and O–H groups in total. The van der Waals surface area contributed by atoms with E-state index >= 15 is 0 Å². The van der Waals surface area contributed by atoms with Crippen molar-refractivity contribution in [2.75, 3.05) is 17.6 Å². The molecule has 1 atom stereocenters. The summed E-state index contributed by atoms with van der Waals surface area (Å²) in [6.45, 7) is 0.885. The second kappa shape index (κ2) is 4.23. The lowest BCUT2D eigenvalue weighted by molar-refractivity contribution is 0.481. The first-order chi connectivity index (χ1) is 9.81. The van der Waals surface area contributed by atoms with Gasteiger partial charge in [0.25, 0.3) is 0 Å². The number of hydrogen-bond donors (Lipinski definition) is 2. The Bertz CT molecular complexity index is 777. The number of aromatic nitrogens is 3. The molecular formula is C15H15N5. The van der Waals surface area contributed by atoms with Gasteiger partial charge >= 0.3 is 0 Å². The van der Waals surface area contributed by atoms with Crippen molar-refractivity contribution in [3.63, 3.8) is 0 Å². The van der Waals surface area contributed by atoms with Crippen LogP contribution in [0, 0.1) is 0 Å². The van der Waals surface area contributed by atoms with Crippen molar-refractivity contribution in [2.24, 2.45) is 0 Å². The van der Waals surface area contributed by atoms with Crippen molar-refractivity contribution in [3.8, 4) is 0 Å². The second-order valence-corrected chi connectivity index (χ2v) is 5.08. The van der Waals surface area contributed by atoms with Crippen LogP contribution in [0.3, 0.4) is 0 Å². The second-order valence-electron chi connectivity index (χ2n) is 5.08. The molecule has 1 unspecified atom stereocenters. The molecule has 0 saturated carbocycles. The first kappa shape index (κ1) is 11.3. The van der Waals surface area contributed by atoms with Gasteiger partial charge in [0, 0.05) is 6.54 Å². The molecule has 2 heterocycles. The van der Waals surface area contributed by atoms with Crippen molar-refractivity contribution < 1.29 is 0 Å². The molecular weight excluding hydrogens is 250 g/mol. The predicted octanol–water partition coefficient (Wildman–Crippen LogP) is 2.42. The van der Waals surface area contributed by atoms with Gasteiger partial charge in [-0.2, -0.15) is 4.98 Å². The Hall–Kier alpha value is -2.56. The van der Waals surface area contributed by atoms with E-state index in [9.17, 15) is 0 Å². The maximum atomic E-state index is 5.71. The van der Waals surface area contributed by atoms with Crippen LogP contribution < -0.4 is 11.1 Å². The first-order valence-electron chi connectivity index (χ1n) is 6.76. The maximum Gasteiger partial charge on any atom is 0.241 e. The van der Waals surface area contributed by atoms with Crippen molar-refractivity contribution in [2.45, 2.75) is 12.5 Å². The molecule has 0 spiro atoms. The van der Waals surface area contributed by atoms with E-state index in [2.05, 4.69) is 57.9 Å². The van der Waals surface area contributed by atoms with E-state index in [1.165, 1.54) is 16.3 Å². The number of fused-ring (bicyclic) bond motifs is 2. The third-order valence-electron chi connectivity index (χ3n) is 3.80. The molecule has 1 aliphatic heterocycles. The van der Waals surface area contributed by atoms with Gasteiger partial charge in [0.15, 0.2) is 0 Å². The summed E-state index contributed by atoms with van der Waals surface area (Å²) < 4.78 is 1.89. The Kier molecular flexibility index (Phi) is 2.39. The number of benzene rings is 2. The Morgan fingerprint density at radius 1 is 1.15 bits per heavy atom. The van der Waals surface area contributed by atoms with E-state index in [1.54, 1.807) is 0 Å². The minimum Gasteiger partial charge on any atom is -0.366 e. The topological polar surface area (TPSA) is 68.8 Å². The number of nitrogens with two attached hydrogens (primary N) is 1. The summed E-state index contributed by atoms with van der Waals surface area (Å²) in [5, 5.41) is 10.0. The van der Waals surface area contributed by atoms with Gasteiger partial charge in [0.2, 0.25) is 11.9 Å². The molecule has 2 aromatic carbocycles. The molecule has 3 aromatic rings. The number of anilines is 2. The summed E-state index contributed by atoms with van der Waals surface area (Å²) in [5.74, 6) is 1.08. The summed E-state index contributed by atoms with van der Waals surface area (Å²) in [6.07, 6.45) is 0.980. The van der Waals surface area contributed by atoms with Crippen LogP contribution in [0.1, 0.15) is 18.0 Å². The monoisotopic (exact) mass is 265 g/mol. The maximum absolute atomic E-state index is 5.71. The van der Waals surface area contributed by atoms with Crippen LogP contribution in [0.4, 0.5) is 11.9 Å². The van der Waals surface area contributed by atoms with Crippen molar-refractivity contribution in [1.29, 1.82) is 0 Å². The van der Waals surface area contributed by atoms with E-state index in [0.717, 1.165) is 18.9 Å². The highest BCUT2D eigenvalue weighted by Gasteiger charge is 2.23. The minimum absolute atomic E-state index is 0.195. The van der Waals surface area contributed by atoms with Gasteiger partial charge in [-0.3, -0.25) is 0 Å². The smallest absolute Gasteiger partial charge is 0.241 e. The molecule has 5 heteroatoms. The molecule has 0 radical (unpaired) electrons. The highest BCUT2D eigenvalue weighted by atomic mass is 15.4. The Balaban J connectivity index is 1.83.